The zero-order chi connectivity index (χ0) is 12.2. The van der Waals surface area contributed by atoms with Gasteiger partial charge in [0.1, 0.15) is 11.7 Å². The first-order valence-corrected chi connectivity index (χ1v) is 6.14. The quantitative estimate of drug-likeness (QED) is 0.536. The first-order chi connectivity index (χ1) is 7.26. The van der Waals surface area contributed by atoms with Crippen molar-refractivity contribution in [2.24, 2.45) is 5.41 Å². The minimum atomic E-state index is -0.186. The van der Waals surface area contributed by atoms with E-state index < -0.39 is 0 Å². The Morgan fingerprint density at radius 1 is 1.38 bits per heavy atom. The van der Waals surface area contributed by atoms with E-state index in [-0.39, 0.29) is 28.7 Å². The third-order valence-corrected chi connectivity index (χ3v) is 4.49. The van der Waals surface area contributed by atoms with Crippen molar-refractivity contribution in [3.05, 3.63) is 0 Å². The molecule has 92 valence electrons. The minimum Gasteiger partial charge on any atom is -0.462 e. The SMILES string of the molecule is CC[C@@]12O[C@]1(C)C[C@@H](OC(C)=O)CC2(C)C. The van der Waals surface area contributed by atoms with Crippen LogP contribution in [0.4, 0.5) is 0 Å². The lowest BCUT2D eigenvalue weighted by molar-refractivity contribution is -0.150. The first-order valence-electron chi connectivity index (χ1n) is 6.14. The second-order valence-electron chi connectivity index (χ2n) is 6.04. The van der Waals surface area contributed by atoms with Crippen molar-refractivity contribution in [3.63, 3.8) is 0 Å². The summed E-state index contributed by atoms with van der Waals surface area (Å²) in [5, 5.41) is 0. The Morgan fingerprint density at radius 2 is 2.00 bits per heavy atom. The van der Waals surface area contributed by atoms with Crippen molar-refractivity contribution in [1.29, 1.82) is 0 Å². The maximum Gasteiger partial charge on any atom is 0.302 e. The molecule has 0 radical (unpaired) electrons. The molecular weight excluding hydrogens is 204 g/mol. The van der Waals surface area contributed by atoms with Gasteiger partial charge < -0.3 is 9.47 Å². The van der Waals surface area contributed by atoms with Gasteiger partial charge in [0, 0.05) is 18.8 Å². The lowest BCUT2D eigenvalue weighted by Crippen LogP contribution is -2.47. The van der Waals surface area contributed by atoms with Crippen LogP contribution in [0, 0.1) is 5.41 Å². The second kappa shape index (κ2) is 3.22. The molecule has 1 aliphatic heterocycles. The number of hydrogen-bond donors (Lipinski definition) is 0. The molecule has 1 saturated carbocycles. The molecule has 0 N–H and O–H groups in total. The number of hydrogen-bond acceptors (Lipinski definition) is 3. The van der Waals surface area contributed by atoms with E-state index in [0.29, 0.717) is 0 Å². The van der Waals surface area contributed by atoms with E-state index in [1.807, 2.05) is 0 Å². The predicted octanol–water partition coefficient (Wildman–Crippen LogP) is 2.68. The van der Waals surface area contributed by atoms with E-state index in [0.717, 1.165) is 19.3 Å². The first kappa shape index (κ1) is 11.9. The molecule has 0 aromatic carbocycles. The van der Waals surface area contributed by atoms with Gasteiger partial charge in [-0.25, -0.2) is 0 Å². The van der Waals surface area contributed by atoms with E-state index >= 15 is 0 Å². The molecule has 0 unspecified atom stereocenters. The van der Waals surface area contributed by atoms with Gasteiger partial charge in [-0.1, -0.05) is 20.8 Å². The number of carbonyl (C=O) groups is 1. The van der Waals surface area contributed by atoms with Crippen LogP contribution < -0.4 is 0 Å². The summed E-state index contributed by atoms with van der Waals surface area (Å²) >= 11 is 0. The molecule has 3 atom stereocenters. The van der Waals surface area contributed by atoms with Gasteiger partial charge >= 0.3 is 5.97 Å². The van der Waals surface area contributed by atoms with Crippen LogP contribution >= 0.6 is 0 Å². The highest BCUT2D eigenvalue weighted by Gasteiger charge is 2.75. The summed E-state index contributed by atoms with van der Waals surface area (Å²) in [5.41, 5.74) is -0.0187. The Kier molecular flexibility index (Phi) is 2.40. The summed E-state index contributed by atoms with van der Waals surface area (Å²) in [6.07, 6.45) is 2.78. The zero-order valence-corrected chi connectivity index (χ0v) is 10.9. The standard InChI is InChI=1S/C13H22O3/c1-6-13-11(3,4)7-10(15-9(2)14)8-12(13,5)16-13/h10H,6-8H2,1-5H3/t10-,12+,13-/m0/s1. The van der Waals surface area contributed by atoms with Crippen LogP contribution in [0.25, 0.3) is 0 Å². The smallest absolute Gasteiger partial charge is 0.302 e. The fourth-order valence-corrected chi connectivity index (χ4v) is 3.90. The van der Waals surface area contributed by atoms with Gasteiger partial charge in [-0.2, -0.15) is 0 Å². The van der Waals surface area contributed by atoms with E-state index in [1.54, 1.807) is 0 Å². The van der Waals surface area contributed by atoms with Crippen LogP contribution in [0.5, 0.6) is 0 Å². The summed E-state index contributed by atoms with van der Waals surface area (Å²) in [6.45, 7) is 10.2. The van der Waals surface area contributed by atoms with Gasteiger partial charge in [-0.05, 0) is 19.8 Å². The number of rotatable bonds is 2. The van der Waals surface area contributed by atoms with Crippen LogP contribution in [0.1, 0.15) is 53.9 Å². The molecule has 16 heavy (non-hydrogen) atoms. The van der Waals surface area contributed by atoms with Crippen LogP contribution in [0.15, 0.2) is 0 Å². The molecule has 2 aliphatic rings. The van der Waals surface area contributed by atoms with Crippen molar-refractivity contribution < 1.29 is 14.3 Å². The Labute approximate surface area is 97.5 Å². The Bertz CT molecular complexity index is 323. The molecule has 0 bridgehead atoms. The molecule has 2 fully saturated rings. The average Bonchev–Trinajstić information content (AvgIpc) is 2.70. The topological polar surface area (TPSA) is 38.8 Å². The van der Waals surface area contributed by atoms with Gasteiger partial charge in [0.2, 0.25) is 0 Å². The molecule has 0 spiro atoms. The highest BCUT2D eigenvalue weighted by molar-refractivity contribution is 5.66. The van der Waals surface area contributed by atoms with Crippen LogP contribution in [0.2, 0.25) is 0 Å². The van der Waals surface area contributed by atoms with Gasteiger partial charge in [0.15, 0.2) is 0 Å². The Hall–Kier alpha value is -0.570. The van der Waals surface area contributed by atoms with Crippen molar-refractivity contribution in [1.82, 2.24) is 0 Å². The molecule has 1 heterocycles. The number of fused-ring (bicyclic) bond motifs is 1. The molecule has 0 amide bonds. The van der Waals surface area contributed by atoms with Crippen LogP contribution in [-0.2, 0) is 14.3 Å². The van der Waals surface area contributed by atoms with Gasteiger partial charge in [-0.15, -0.1) is 0 Å². The normalized spacial score (nSPS) is 44.7. The highest BCUT2D eigenvalue weighted by atomic mass is 16.6. The van der Waals surface area contributed by atoms with E-state index in [1.165, 1.54) is 6.92 Å². The Morgan fingerprint density at radius 3 is 2.44 bits per heavy atom. The summed E-state index contributed by atoms with van der Waals surface area (Å²) in [5.74, 6) is -0.186. The second-order valence-corrected chi connectivity index (χ2v) is 6.04. The van der Waals surface area contributed by atoms with Crippen molar-refractivity contribution >= 4 is 5.97 Å². The van der Waals surface area contributed by atoms with Crippen LogP contribution in [0.3, 0.4) is 0 Å². The van der Waals surface area contributed by atoms with Gasteiger partial charge in [0.25, 0.3) is 0 Å². The number of carbonyl (C=O) groups excluding carboxylic acids is 1. The van der Waals surface area contributed by atoms with Gasteiger partial charge in [0.05, 0.1) is 5.60 Å². The third-order valence-electron chi connectivity index (χ3n) is 4.49. The zero-order valence-electron chi connectivity index (χ0n) is 10.9. The maximum atomic E-state index is 11.0. The molecule has 1 saturated heterocycles. The molecule has 3 nitrogen and oxygen atoms in total. The van der Waals surface area contributed by atoms with E-state index in [9.17, 15) is 4.79 Å². The van der Waals surface area contributed by atoms with E-state index in [2.05, 4.69) is 27.7 Å². The molecule has 0 aromatic rings. The highest BCUT2D eigenvalue weighted by Crippen LogP contribution is 2.67. The van der Waals surface area contributed by atoms with Crippen molar-refractivity contribution in [2.45, 2.75) is 71.2 Å². The summed E-state index contributed by atoms with van der Waals surface area (Å²) in [4.78, 5) is 11.0. The van der Waals surface area contributed by atoms with Crippen molar-refractivity contribution in [2.75, 3.05) is 0 Å². The molecule has 1 aliphatic carbocycles. The van der Waals surface area contributed by atoms with E-state index in [4.69, 9.17) is 9.47 Å². The fourth-order valence-electron chi connectivity index (χ4n) is 3.90. The maximum absolute atomic E-state index is 11.0. The summed E-state index contributed by atoms with van der Waals surface area (Å²) < 4.78 is 11.4. The minimum absolute atomic E-state index is 0.00332. The van der Waals surface area contributed by atoms with Crippen LogP contribution in [-0.4, -0.2) is 23.3 Å². The van der Waals surface area contributed by atoms with Gasteiger partial charge in [-0.3, -0.25) is 4.79 Å². The molecule has 2 rings (SSSR count). The number of epoxide rings is 1. The average molecular weight is 226 g/mol. The summed E-state index contributed by atoms with van der Waals surface area (Å²) in [7, 11) is 0. The predicted molar refractivity (Wildman–Crippen MR) is 61.1 cm³/mol. The molecular formula is C13H22O3. The molecule has 3 heteroatoms. The number of ether oxygens (including phenoxy) is 2. The third kappa shape index (κ3) is 1.41. The number of esters is 1. The monoisotopic (exact) mass is 226 g/mol. The molecule has 0 aromatic heterocycles. The lowest BCUT2D eigenvalue weighted by Gasteiger charge is -2.41. The lowest BCUT2D eigenvalue weighted by atomic mass is 9.62. The summed E-state index contributed by atoms with van der Waals surface area (Å²) in [6, 6.07) is 0. The Balaban J connectivity index is 2.18. The fraction of sp³-hybridized carbons (Fsp3) is 0.923. The van der Waals surface area contributed by atoms with Crippen molar-refractivity contribution in [3.8, 4) is 0 Å². The largest absolute Gasteiger partial charge is 0.462 e.